The Morgan fingerprint density at radius 1 is 1.22 bits per heavy atom. The summed E-state index contributed by atoms with van der Waals surface area (Å²) in [4.78, 5) is 41.2. The van der Waals surface area contributed by atoms with Gasteiger partial charge in [0, 0.05) is 12.5 Å². The molecule has 2 heterocycles. The smallest absolute Gasteiger partial charge is 0.406 e. The fourth-order valence-electron chi connectivity index (χ4n) is 4.42. The van der Waals surface area contributed by atoms with Crippen LogP contribution in [-0.4, -0.2) is 60.7 Å². The van der Waals surface area contributed by atoms with Crippen molar-refractivity contribution in [2.24, 2.45) is 0 Å². The fourth-order valence-corrected chi connectivity index (χ4v) is 4.42. The standard InChI is InChI=1S/C28H30N2O6/c1-18-8-9-22(26-15-23(32)21-7-4-6-19(2)27(21)36-26)25(14-18)35-13-5-11-29-16-24(33)28(34)30(3)12-10-20(31)17-30/h4,6-9,14-15,20,31H,5,10-13,17H2,1-3H3/q+2/t20-,30?/m0/s1. The summed E-state index contributed by atoms with van der Waals surface area (Å²) in [7, 11) is 1.64. The topological polar surface area (TPSA) is 98.2 Å². The number of likely N-dealkylation sites (tertiary alicyclic amines) is 1. The van der Waals surface area contributed by atoms with Crippen molar-refractivity contribution in [3.63, 3.8) is 0 Å². The Bertz CT molecular complexity index is 1450. The van der Waals surface area contributed by atoms with Crippen molar-refractivity contribution in [1.82, 2.24) is 0 Å². The molecule has 1 N–H and O–H groups in total. The monoisotopic (exact) mass is 490 g/mol. The van der Waals surface area contributed by atoms with Gasteiger partial charge in [0.25, 0.3) is 6.54 Å². The Morgan fingerprint density at radius 2 is 2.03 bits per heavy atom. The number of quaternary nitrogens is 1. The molecule has 1 unspecified atom stereocenters. The number of aryl methyl sites for hydroxylation is 2. The quantitative estimate of drug-likeness (QED) is 0.246. The summed E-state index contributed by atoms with van der Waals surface area (Å²) in [6.07, 6.45) is 0.416. The molecule has 3 aromatic rings. The van der Waals surface area contributed by atoms with Crippen LogP contribution < -0.4 is 10.2 Å². The van der Waals surface area contributed by atoms with Gasteiger partial charge in [-0.1, -0.05) is 23.0 Å². The third-order valence-electron chi connectivity index (χ3n) is 6.46. The molecule has 1 aliphatic rings. The molecule has 1 saturated heterocycles. The van der Waals surface area contributed by atoms with Gasteiger partial charge in [-0.15, -0.1) is 0 Å². The van der Waals surface area contributed by atoms with E-state index in [0.29, 0.717) is 54.0 Å². The summed E-state index contributed by atoms with van der Waals surface area (Å²) >= 11 is 0. The van der Waals surface area contributed by atoms with Crippen molar-refractivity contribution in [3.8, 4) is 23.1 Å². The minimum atomic E-state index is -0.782. The molecule has 186 valence electrons. The molecule has 0 radical (unpaired) electrons. The molecule has 4 rings (SSSR count). The molecule has 2 aromatic carbocycles. The number of aliphatic hydroxyl groups is 1. The van der Waals surface area contributed by atoms with Crippen molar-refractivity contribution in [2.45, 2.75) is 32.8 Å². The van der Waals surface area contributed by atoms with Gasteiger partial charge in [0.15, 0.2) is 5.43 Å². The molecule has 2 atom stereocenters. The molecule has 0 bridgehead atoms. The van der Waals surface area contributed by atoms with Crippen LogP contribution in [-0.2, 0) is 9.59 Å². The van der Waals surface area contributed by atoms with E-state index in [2.05, 4.69) is 10.9 Å². The van der Waals surface area contributed by atoms with E-state index in [-0.39, 0.29) is 23.0 Å². The molecule has 1 aliphatic heterocycles. The van der Waals surface area contributed by atoms with Crippen LogP contribution in [0.5, 0.6) is 5.75 Å². The molecule has 0 aliphatic carbocycles. The van der Waals surface area contributed by atoms with E-state index in [1.54, 1.807) is 13.1 Å². The Kier molecular flexibility index (Phi) is 7.34. The highest BCUT2D eigenvalue weighted by molar-refractivity contribution is 6.40. The van der Waals surface area contributed by atoms with Crippen LogP contribution in [0.1, 0.15) is 24.0 Å². The van der Waals surface area contributed by atoms with Crippen molar-refractivity contribution in [3.05, 3.63) is 68.7 Å². The number of likely N-dealkylation sites (N-methyl/N-ethyl adjacent to an activating group) is 1. The molecule has 36 heavy (non-hydrogen) atoms. The molecule has 1 aromatic heterocycles. The average molecular weight is 491 g/mol. The lowest BCUT2D eigenvalue weighted by Crippen LogP contribution is -2.51. The number of ether oxygens (including phenoxy) is 1. The maximum absolute atomic E-state index is 12.7. The molecule has 1 amide bonds. The number of Topliss-reactive ketones (excluding diaryl/α,β-unsaturated/α-hetero) is 1. The number of rotatable bonds is 6. The van der Waals surface area contributed by atoms with Gasteiger partial charge in [0.2, 0.25) is 0 Å². The van der Waals surface area contributed by atoms with Gasteiger partial charge in [-0.3, -0.25) is 14.1 Å². The lowest BCUT2D eigenvalue weighted by atomic mass is 10.1. The maximum atomic E-state index is 12.7. The first-order valence-corrected chi connectivity index (χ1v) is 12.0. The first-order valence-electron chi connectivity index (χ1n) is 12.0. The number of fused-ring (bicyclic) bond motifs is 1. The maximum Gasteiger partial charge on any atom is 0.406 e. The van der Waals surface area contributed by atoms with Gasteiger partial charge >= 0.3 is 17.8 Å². The van der Waals surface area contributed by atoms with E-state index in [1.165, 1.54) is 6.07 Å². The fraction of sp³-hybridized carbons (Fsp3) is 0.357. The summed E-state index contributed by atoms with van der Waals surface area (Å²) < 4.78 is 12.0. The minimum absolute atomic E-state index is 0.119. The predicted octanol–water partition coefficient (Wildman–Crippen LogP) is 3.49. The van der Waals surface area contributed by atoms with Crippen LogP contribution in [0.3, 0.4) is 0 Å². The van der Waals surface area contributed by atoms with Gasteiger partial charge in [-0.05, 0) is 43.2 Å². The van der Waals surface area contributed by atoms with E-state index < -0.39 is 17.8 Å². The SMILES string of the molecule is Cc1ccc(-c2cc(=O)c3cccc(C)c3o2)c(OCCC[N+]#CC(=O)C(=O)[N+]2(C)CC[C@H](O)C2)c1. The number of amides is 1. The highest BCUT2D eigenvalue weighted by Crippen LogP contribution is 2.32. The predicted molar refractivity (Wildman–Crippen MR) is 136 cm³/mol. The summed E-state index contributed by atoms with van der Waals surface area (Å²) in [5, 5.41) is 10.2. The number of para-hydroxylation sites is 1. The zero-order valence-corrected chi connectivity index (χ0v) is 20.7. The van der Waals surface area contributed by atoms with E-state index in [9.17, 15) is 19.5 Å². The zero-order chi connectivity index (χ0) is 25.9. The lowest BCUT2D eigenvalue weighted by molar-refractivity contribution is -0.819. The van der Waals surface area contributed by atoms with Crippen molar-refractivity contribution >= 4 is 22.7 Å². The first kappa shape index (κ1) is 25.3. The summed E-state index contributed by atoms with van der Waals surface area (Å²) in [5.74, 6) is -0.385. The molecular formula is C28H30N2O6+2. The summed E-state index contributed by atoms with van der Waals surface area (Å²) in [6, 6.07) is 14.9. The van der Waals surface area contributed by atoms with Gasteiger partial charge in [-0.25, -0.2) is 4.79 Å². The second kappa shape index (κ2) is 10.4. The Hall–Kier alpha value is -3.80. The molecule has 0 saturated carbocycles. The van der Waals surface area contributed by atoms with Gasteiger partial charge < -0.3 is 14.3 Å². The molecule has 1 fully saturated rings. The van der Waals surface area contributed by atoms with Crippen LogP contribution in [0.15, 0.2) is 51.7 Å². The zero-order valence-electron chi connectivity index (χ0n) is 20.7. The lowest BCUT2D eigenvalue weighted by Gasteiger charge is -2.23. The number of ketones is 1. The Labute approximate surface area is 209 Å². The van der Waals surface area contributed by atoms with Gasteiger partial charge in [0.05, 0.1) is 37.6 Å². The number of nitrogens with zero attached hydrogens (tertiary/aromatic N) is 2. The molecular weight excluding hydrogens is 460 g/mol. The van der Waals surface area contributed by atoms with Crippen LogP contribution >= 0.6 is 0 Å². The van der Waals surface area contributed by atoms with Crippen molar-refractivity contribution < 1.29 is 28.3 Å². The number of hydrogen-bond acceptors (Lipinski definition) is 6. The summed E-state index contributed by atoms with van der Waals surface area (Å²) in [6.45, 7) is 5.07. The van der Waals surface area contributed by atoms with E-state index in [4.69, 9.17) is 9.15 Å². The van der Waals surface area contributed by atoms with E-state index in [0.717, 1.165) is 11.1 Å². The molecule has 0 spiro atoms. The van der Waals surface area contributed by atoms with E-state index >= 15 is 0 Å². The van der Waals surface area contributed by atoms with Crippen LogP contribution in [0, 0.1) is 19.9 Å². The van der Waals surface area contributed by atoms with Crippen molar-refractivity contribution in [1.29, 1.82) is 0 Å². The summed E-state index contributed by atoms with van der Waals surface area (Å²) in [5.41, 5.74) is 2.97. The van der Waals surface area contributed by atoms with Crippen molar-refractivity contribution in [2.75, 3.05) is 33.3 Å². The Morgan fingerprint density at radius 3 is 2.78 bits per heavy atom. The second-order valence-electron chi connectivity index (χ2n) is 9.50. The molecule has 8 heteroatoms. The first-order chi connectivity index (χ1) is 17.2. The Balaban J connectivity index is 1.41. The normalized spacial score (nSPS) is 19.1. The number of carbonyl (C=O) groups is 2. The van der Waals surface area contributed by atoms with Gasteiger partial charge in [-0.2, -0.15) is 0 Å². The average Bonchev–Trinajstić information content (AvgIpc) is 3.20. The van der Waals surface area contributed by atoms with Crippen LogP contribution in [0.2, 0.25) is 0 Å². The largest absolute Gasteiger partial charge is 0.493 e. The third kappa shape index (κ3) is 5.38. The van der Waals surface area contributed by atoms with Crippen LogP contribution in [0.25, 0.3) is 27.1 Å². The van der Waals surface area contributed by atoms with Crippen LogP contribution in [0.4, 0.5) is 0 Å². The third-order valence-corrected chi connectivity index (χ3v) is 6.46. The second-order valence-corrected chi connectivity index (χ2v) is 9.50. The van der Waals surface area contributed by atoms with Gasteiger partial charge in [0.1, 0.15) is 29.7 Å². The number of carbonyl (C=O) groups excluding carboxylic acids is 2. The number of benzene rings is 2. The van der Waals surface area contributed by atoms with E-state index in [1.807, 2.05) is 44.2 Å². The number of hydrogen-bond donors (Lipinski definition) is 1. The number of aliphatic hydroxyl groups excluding tert-OH is 1. The minimum Gasteiger partial charge on any atom is -0.493 e. The highest BCUT2D eigenvalue weighted by atomic mass is 16.5. The highest BCUT2D eigenvalue weighted by Gasteiger charge is 2.44. The molecule has 8 nitrogen and oxygen atoms in total.